The van der Waals surface area contributed by atoms with Crippen LogP contribution in [0.2, 0.25) is 0 Å². The first-order valence-corrected chi connectivity index (χ1v) is 3.85. The number of carbonyl (C=O) groups is 1. The molecule has 0 aromatic carbocycles. The van der Waals surface area contributed by atoms with Crippen LogP contribution in [-0.2, 0) is 4.79 Å². The van der Waals surface area contributed by atoms with E-state index in [1.807, 2.05) is 0 Å². The fourth-order valence-corrected chi connectivity index (χ4v) is 0.846. The van der Waals surface area contributed by atoms with E-state index in [1.165, 1.54) is 0 Å². The van der Waals surface area contributed by atoms with E-state index in [1.54, 1.807) is 6.92 Å². The lowest BCUT2D eigenvalue weighted by Gasteiger charge is -2.27. The molecule has 0 bridgehead atoms. The summed E-state index contributed by atoms with van der Waals surface area (Å²) >= 11 is 0. The zero-order valence-electron chi connectivity index (χ0n) is 7.69. The van der Waals surface area contributed by atoms with Crippen molar-refractivity contribution in [3.63, 3.8) is 0 Å². The Morgan fingerprint density at radius 3 is 1.90 bits per heavy atom. The van der Waals surface area contributed by atoms with E-state index in [-0.39, 0.29) is 5.41 Å². The number of hydrogen-bond acceptors (Lipinski definition) is 1. The fraction of sp³-hybridized carbons (Fsp3) is 0.889. The van der Waals surface area contributed by atoms with Crippen LogP contribution < -0.4 is 0 Å². The third-order valence-corrected chi connectivity index (χ3v) is 2.27. The van der Waals surface area contributed by atoms with Gasteiger partial charge in [-0.15, -0.1) is 0 Å². The van der Waals surface area contributed by atoms with Crippen molar-refractivity contribution >= 4 is 5.78 Å². The standard InChI is InChI=1S/C9H18O/c1-7(2)9(4,5)6-8(3)10/h7H,6H2,1-5H3. The van der Waals surface area contributed by atoms with Gasteiger partial charge in [0.2, 0.25) is 0 Å². The van der Waals surface area contributed by atoms with Crippen LogP contribution in [0.25, 0.3) is 0 Å². The third-order valence-electron chi connectivity index (χ3n) is 2.27. The van der Waals surface area contributed by atoms with Crippen molar-refractivity contribution < 1.29 is 4.79 Å². The van der Waals surface area contributed by atoms with E-state index >= 15 is 0 Å². The Labute approximate surface area is 63.8 Å². The zero-order chi connectivity index (χ0) is 8.36. The van der Waals surface area contributed by atoms with E-state index in [0.29, 0.717) is 18.1 Å². The largest absolute Gasteiger partial charge is 0.300 e. The fourth-order valence-electron chi connectivity index (χ4n) is 0.846. The quantitative estimate of drug-likeness (QED) is 0.592. The minimum atomic E-state index is 0.172. The van der Waals surface area contributed by atoms with Crippen molar-refractivity contribution in [1.82, 2.24) is 0 Å². The Kier molecular flexibility index (Phi) is 3.07. The zero-order valence-corrected chi connectivity index (χ0v) is 7.69. The van der Waals surface area contributed by atoms with Gasteiger partial charge in [-0.2, -0.15) is 0 Å². The first-order chi connectivity index (χ1) is 4.36. The molecule has 0 aliphatic carbocycles. The van der Waals surface area contributed by atoms with Gasteiger partial charge in [-0.3, -0.25) is 0 Å². The van der Waals surface area contributed by atoms with E-state index < -0.39 is 0 Å². The van der Waals surface area contributed by atoms with E-state index in [0.717, 1.165) is 0 Å². The van der Waals surface area contributed by atoms with Crippen molar-refractivity contribution in [2.24, 2.45) is 11.3 Å². The number of hydrogen-bond donors (Lipinski definition) is 0. The Hall–Kier alpha value is -0.330. The molecule has 0 heterocycles. The molecule has 10 heavy (non-hydrogen) atoms. The summed E-state index contributed by atoms with van der Waals surface area (Å²) in [7, 11) is 0. The van der Waals surface area contributed by atoms with E-state index in [4.69, 9.17) is 0 Å². The SMILES string of the molecule is CC(=O)CC(C)(C)C(C)C. The molecule has 0 atom stereocenters. The highest BCUT2D eigenvalue weighted by Crippen LogP contribution is 2.29. The normalized spacial score (nSPS) is 12.2. The van der Waals surface area contributed by atoms with Crippen molar-refractivity contribution in [2.45, 2.75) is 41.0 Å². The molecule has 0 spiro atoms. The summed E-state index contributed by atoms with van der Waals surface area (Å²) in [5.74, 6) is 0.870. The molecule has 0 amide bonds. The second-order valence-corrected chi connectivity index (χ2v) is 4.02. The number of ketones is 1. The van der Waals surface area contributed by atoms with Gasteiger partial charge in [-0.05, 0) is 18.3 Å². The molecule has 1 nitrogen and oxygen atoms in total. The molecular weight excluding hydrogens is 124 g/mol. The van der Waals surface area contributed by atoms with Gasteiger partial charge in [0.1, 0.15) is 5.78 Å². The highest BCUT2D eigenvalue weighted by molar-refractivity contribution is 5.76. The van der Waals surface area contributed by atoms with E-state index in [2.05, 4.69) is 27.7 Å². The van der Waals surface area contributed by atoms with Crippen LogP contribution in [0.3, 0.4) is 0 Å². The predicted octanol–water partition coefficient (Wildman–Crippen LogP) is 2.65. The summed E-state index contributed by atoms with van der Waals surface area (Å²) in [6, 6.07) is 0. The maximum Gasteiger partial charge on any atom is 0.130 e. The molecule has 0 aliphatic rings. The summed E-state index contributed by atoms with van der Waals surface area (Å²) in [4.78, 5) is 10.8. The summed E-state index contributed by atoms with van der Waals surface area (Å²) in [6.07, 6.45) is 0.699. The van der Waals surface area contributed by atoms with Crippen LogP contribution in [0.4, 0.5) is 0 Å². The number of carbonyl (C=O) groups excluding carboxylic acids is 1. The van der Waals surface area contributed by atoms with Crippen molar-refractivity contribution in [3.05, 3.63) is 0 Å². The van der Waals surface area contributed by atoms with Crippen LogP contribution in [0, 0.1) is 11.3 Å². The van der Waals surface area contributed by atoms with Gasteiger partial charge < -0.3 is 4.79 Å². The molecule has 0 N–H and O–H groups in total. The average molecular weight is 142 g/mol. The topological polar surface area (TPSA) is 17.1 Å². The molecular formula is C9H18O. The Balaban J connectivity index is 3.99. The molecule has 0 unspecified atom stereocenters. The molecule has 60 valence electrons. The van der Waals surface area contributed by atoms with Crippen molar-refractivity contribution in [2.75, 3.05) is 0 Å². The van der Waals surface area contributed by atoms with Crippen LogP contribution in [0.1, 0.15) is 41.0 Å². The first-order valence-electron chi connectivity index (χ1n) is 3.85. The van der Waals surface area contributed by atoms with Gasteiger partial charge >= 0.3 is 0 Å². The number of rotatable bonds is 3. The van der Waals surface area contributed by atoms with Gasteiger partial charge in [-0.25, -0.2) is 0 Å². The lowest BCUT2D eigenvalue weighted by molar-refractivity contribution is -0.119. The predicted molar refractivity (Wildman–Crippen MR) is 43.9 cm³/mol. The third kappa shape index (κ3) is 3.00. The summed E-state index contributed by atoms with van der Waals surface area (Å²) in [5.41, 5.74) is 0.172. The summed E-state index contributed by atoms with van der Waals surface area (Å²) < 4.78 is 0. The lowest BCUT2D eigenvalue weighted by atomic mass is 9.77. The maximum atomic E-state index is 10.8. The Bertz CT molecular complexity index is 123. The van der Waals surface area contributed by atoms with E-state index in [9.17, 15) is 4.79 Å². The minimum Gasteiger partial charge on any atom is -0.300 e. The van der Waals surface area contributed by atoms with Gasteiger partial charge in [0.15, 0.2) is 0 Å². The lowest BCUT2D eigenvalue weighted by Crippen LogP contribution is -2.21. The van der Waals surface area contributed by atoms with Crippen molar-refractivity contribution in [1.29, 1.82) is 0 Å². The summed E-state index contributed by atoms with van der Waals surface area (Å²) in [6.45, 7) is 10.2. The molecule has 0 radical (unpaired) electrons. The second kappa shape index (κ2) is 3.18. The molecule has 0 aliphatic heterocycles. The van der Waals surface area contributed by atoms with Crippen LogP contribution in [0.15, 0.2) is 0 Å². The first kappa shape index (κ1) is 9.67. The van der Waals surface area contributed by atoms with Crippen molar-refractivity contribution in [3.8, 4) is 0 Å². The minimum absolute atomic E-state index is 0.172. The smallest absolute Gasteiger partial charge is 0.130 e. The molecule has 0 fully saturated rings. The highest BCUT2D eigenvalue weighted by atomic mass is 16.1. The van der Waals surface area contributed by atoms with Crippen LogP contribution >= 0.6 is 0 Å². The Morgan fingerprint density at radius 2 is 1.80 bits per heavy atom. The second-order valence-electron chi connectivity index (χ2n) is 4.02. The molecule has 0 saturated carbocycles. The molecule has 0 saturated heterocycles. The number of Topliss-reactive ketones (excluding diaryl/α,β-unsaturated/α-hetero) is 1. The molecule has 0 aromatic heterocycles. The summed E-state index contributed by atoms with van der Waals surface area (Å²) in [5, 5.41) is 0. The molecule has 1 heteroatoms. The van der Waals surface area contributed by atoms with Crippen LogP contribution in [0.5, 0.6) is 0 Å². The van der Waals surface area contributed by atoms with Crippen LogP contribution in [-0.4, -0.2) is 5.78 Å². The van der Waals surface area contributed by atoms with Gasteiger partial charge in [0.25, 0.3) is 0 Å². The van der Waals surface area contributed by atoms with Gasteiger partial charge in [-0.1, -0.05) is 27.7 Å². The Morgan fingerprint density at radius 1 is 1.40 bits per heavy atom. The van der Waals surface area contributed by atoms with Gasteiger partial charge in [0, 0.05) is 6.42 Å². The molecule has 0 aromatic rings. The highest BCUT2D eigenvalue weighted by Gasteiger charge is 2.23. The average Bonchev–Trinajstić information content (AvgIpc) is 1.60. The maximum absolute atomic E-state index is 10.8. The van der Waals surface area contributed by atoms with Gasteiger partial charge in [0.05, 0.1) is 0 Å². The molecule has 0 rings (SSSR count). The monoisotopic (exact) mass is 142 g/mol.